The standard InChI is InChI=1S/C22H26N2O4/c1-14(2)28-19-11-10-18(13-20(19)27-3)22(26)24-23-21(25)17-9-8-15-6-4-5-7-16(15)12-17/h8-14H,4-7H2,1-3H3,(H,23,25)(H,24,26). The molecule has 2 N–H and O–H groups in total. The molecule has 0 saturated heterocycles. The number of carbonyl (C=O) groups excluding carboxylic acids is 2. The van der Waals surface area contributed by atoms with Gasteiger partial charge >= 0.3 is 0 Å². The Labute approximate surface area is 165 Å². The Kier molecular flexibility index (Phi) is 6.19. The Balaban J connectivity index is 1.64. The highest BCUT2D eigenvalue weighted by Crippen LogP contribution is 2.29. The zero-order chi connectivity index (χ0) is 20.1. The van der Waals surface area contributed by atoms with Gasteiger partial charge in [0.05, 0.1) is 13.2 Å². The second-order valence-corrected chi connectivity index (χ2v) is 7.13. The van der Waals surface area contributed by atoms with Gasteiger partial charge in [0, 0.05) is 11.1 Å². The molecule has 0 aromatic heterocycles. The van der Waals surface area contributed by atoms with E-state index >= 15 is 0 Å². The predicted molar refractivity (Wildman–Crippen MR) is 107 cm³/mol. The first-order valence-corrected chi connectivity index (χ1v) is 9.55. The van der Waals surface area contributed by atoms with Gasteiger partial charge in [0.15, 0.2) is 11.5 Å². The molecular weight excluding hydrogens is 356 g/mol. The van der Waals surface area contributed by atoms with Crippen molar-refractivity contribution in [3.8, 4) is 11.5 Å². The third kappa shape index (κ3) is 4.63. The topological polar surface area (TPSA) is 76.7 Å². The number of ether oxygens (including phenoxy) is 2. The summed E-state index contributed by atoms with van der Waals surface area (Å²) >= 11 is 0. The Morgan fingerprint density at radius 2 is 1.46 bits per heavy atom. The molecule has 148 valence electrons. The van der Waals surface area contributed by atoms with Crippen LogP contribution in [-0.4, -0.2) is 25.0 Å². The van der Waals surface area contributed by atoms with Gasteiger partial charge in [-0.05, 0) is 81.0 Å². The van der Waals surface area contributed by atoms with Gasteiger partial charge in [-0.1, -0.05) is 6.07 Å². The average Bonchev–Trinajstić information content (AvgIpc) is 2.71. The Bertz CT molecular complexity index is 877. The van der Waals surface area contributed by atoms with Crippen molar-refractivity contribution in [3.05, 3.63) is 58.7 Å². The highest BCUT2D eigenvalue weighted by Gasteiger charge is 2.15. The number of hydrogen-bond acceptors (Lipinski definition) is 4. The summed E-state index contributed by atoms with van der Waals surface area (Å²) in [7, 11) is 1.52. The van der Waals surface area contributed by atoms with Crippen molar-refractivity contribution in [1.82, 2.24) is 10.9 Å². The first-order valence-electron chi connectivity index (χ1n) is 9.55. The first-order chi connectivity index (χ1) is 13.5. The molecule has 6 nitrogen and oxygen atoms in total. The fourth-order valence-electron chi connectivity index (χ4n) is 3.29. The maximum atomic E-state index is 12.4. The second kappa shape index (κ2) is 8.78. The monoisotopic (exact) mass is 382 g/mol. The summed E-state index contributed by atoms with van der Waals surface area (Å²) in [6, 6.07) is 10.6. The summed E-state index contributed by atoms with van der Waals surface area (Å²) in [5, 5.41) is 0. The van der Waals surface area contributed by atoms with Gasteiger partial charge in [0.2, 0.25) is 0 Å². The zero-order valence-electron chi connectivity index (χ0n) is 16.5. The normalized spacial score (nSPS) is 12.9. The Morgan fingerprint density at radius 1 is 0.857 bits per heavy atom. The molecule has 2 amide bonds. The van der Waals surface area contributed by atoms with Crippen LogP contribution in [0.15, 0.2) is 36.4 Å². The maximum Gasteiger partial charge on any atom is 0.269 e. The lowest BCUT2D eigenvalue weighted by Gasteiger charge is -2.16. The van der Waals surface area contributed by atoms with E-state index in [1.807, 2.05) is 26.0 Å². The molecule has 6 heteroatoms. The molecule has 0 fully saturated rings. The summed E-state index contributed by atoms with van der Waals surface area (Å²) < 4.78 is 10.9. The fraction of sp³-hybridized carbons (Fsp3) is 0.364. The first kappa shape index (κ1) is 19.7. The molecule has 0 saturated carbocycles. The van der Waals surface area contributed by atoms with Crippen LogP contribution in [0.1, 0.15) is 58.5 Å². The van der Waals surface area contributed by atoms with Gasteiger partial charge in [-0.3, -0.25) is 20.4 Å². The summed E-state index contributed by atoms with van der Waals surface area (Å²) in [6.45, 7) is 3.83. The molecule has 0 unspecified atom stereocenters. The molecule has 3 rings (SSSR count). The fourth-order valence-corrected chi connectivity index (χ4v) is 3.29. The highest BCUT2D eigenvalue weighted by molar-refractivity contribution is 5.99. The van der Waals surface area contributed by atoms with Crippen molar-refractivity contribution >= 4 is 11.8 Å². The third-order valence-electron chi connectivity index (χ3n) is 4.69. The second-order valence-electron chi connectivity index (χ2n) is 7.13. The number of hydrogen-bond donors (Lipinski definition) is 2. The lowest BCUT2D eigenvalue weighted by Crippen LogP contribution is -2.41. The molecule has 0 atom stereocenters. The minimum atomic E-state index is -0.430. The quantitative estimate of drug-likeness (QED) is 0.777. The minimum absolute atomic E-state index is 0.00974. The van der Waals surface area contributed by atoms with Gasteiger partial charge in [-0.2, -0.15) is 0 Å². The number of hydrazine groups is 1. The SMILES string of the molecule is COc1cc(C(=O)NNC(=O)c2ccc3c(c2)CCCC3)ccc1OC(C)C. The van der Waals surface area contributed by atoms with Crippen molar-refractivity contribution in [3.63, 3.8) is 0 Å². The number of nitrogens with one attached hydrogen (secondary N) is 2. The van der Waals surface area contributed by atoms with E-state index in [0.29, 0.717) is 22.6 Å². The summed E-state index contributed by atoms with van der Waals surface area (Å²) in [5.74, 6) is 0.253. The van der Waals surface area contributed by atoms with Crippen LogP contribution < -0.4 is 20.3 Å². The van der Waals surface area contributed by atoms with Crippen molar-refractivity contribution in [2.75, 3.05) is 7.11 Å². The number of aryl methyl sites for hydroxylation is 2. The number of amides is 2. The number of fused-ring (bicyclic) bond motifs is 1. The molecule has 28 heavy (non-hydrogen) atoms. The van der Waals surface area contributed by atoms with Crippen LogP contribution in [-0.2, 0) is 12.8 Å². The van der Waals surface area contributed by atoms with Crippen LogP contribution >= 0.6 is 0 Å². The van der Waals surface area contributed by atoms with Crippen LogP contribution in [0.25, 0.3) is 0 Å². The van der Waals surface area contributed by atoms with Crippen molar-refractivity contribution in [2.24, 2.45) is 0 Å². The van der Waals surface area contributed by atoms with Crippen LogP contribution in [0.5, 0.6) is 11.5 Å². The lowest BCUT2D eigenvalue weighted by atomic mass is 9.90. The molecule has 0 aliphatic heterocycles. The van der Waals surface area contributed by atoms with Gasteiger partial charge in [0.25, 0.3) is 11.8 Å². The van der Waals surface area contributed by atoms with E-state index < -0.39 is 5.91 Å². The van der Waals surface area contributed by atoms with Crippen molar-refractivity contribution < 1.29 is 19.1 Å². The van der Waals surface area contributed by atoms with Crippen molar-refractivity contribution in [2.45, 2.75) is 45.6 Å². The average molecular weight is 382 g/mol. The van der Waals surface area contributed by atoms with E-state index in [4.69, 9.17) is 9.47 Å². The zero-order valence-corrected chi connectivity index (χ0v) is 16.5. The summed E-state index contributed by atoms with van der Waals surface area (Å²) in [4.78, 5) is 24.8. The molecule has 1 aliphatic carbocycles. The van der Waals surface area contributed by atoms with E-state index in [2.05, 4.69) is 10.9 Å². The van der Waals surface area contributed by atoms with Crippen LogP contribution in [0.2, 0.25) is 0 Å². The van der Waals surface area contributed by atoms with E-state index in [1.165, 1.54) is 24.7 Å². The summed E-state index contributed by atoms with van der Waals surface area (Å²) in [5.41, 5.74) is 8.36. The number of methoxy groups -OCH3 is 1. The largest absolute Gasteiger partial charge is 0.493 e. The number of benzene rings is 2. The molecule has 0 spiro atoms. The Hall–Kier alpha value is -3.02. The van der Waals surface area contributed by atoms with Gasteiger partial charge in [-0.25, -0.2) is 0 Å². The van der Waals surface area contributed by atoms with Crippen LogP contribution in [0.4, 0.5) is 0 Å². The summed E-state index contributed by atoms with van der Waals surface area (Å²) in [6.07, 6.45) is 4.39. The van der Waals surface area contributed by atoms with Crippen molar-refractivity contribution in [1.29, 1.82) is 0 Å². The highest BCUT2D eigenvalue weighted by atomic mass is 16.5. The van der Waals surface area contributed by atoms with E-state index in [1.54, 1.807) is 24.3 Å². The molecule has 0 bridgehead atoms. The van der Waals surface area contributed by atoms with E-state index in [-0.39, 0.29) is 12.0 Å². The molecule has 2 aromatic rings. The smallest absolute Gasteiger partial charge is 0.269 e. The minimum Gasteiger partial charge on any atom is -0.493 e. The number of carbonyl (C=O) groups is 2. The molecular formula is C22H26N2O4. The number of rotatable bonds is 5. The van der Waals surface area contributed by atoms with Gasteiger partial charge in [-0.15, -0.1) is 0 Å². The molecule has 2 aromatic carbocycles. The third-order valence-corrected chi connectivity index (χ3v) is 4.69. The lowest BCUT2D eigenvalue weighted by molar-refractivity contribution is 0.0846. The van der Waals surface area contributed by atoms with Gasteiger partial charge < -0.3 is 9.47 Å². The maximum absolute atomic E-state index is 12.4. The van der Waals surface area contributed by atoms with E-state index in [9.17, 15) is 9.59 Å². The van der Waals surface area contributed by atoms with Crippen LogP contribution in [0.3, 0.4) is 0 Å². The predicted octanol–water partition coefficient (Wildman–Crippen LogP) is 3.44. The van der Waals surface area contributed by atoms with E-state index in [0.717, 1.165) is 19.3 Å². The molecule has 0 radical (unpaired) electrons. The van der Waals surface area contributed by atoms with Gasteiger partial charge in [0.1, 0.15) is 0 Å². The molecule has 1 aliphatic rings. The van der Waals surface area contributed by atoms with Crippen LogP contribution in [0, 0.1) is 0 Å². The molecule has 0 heterocycles. The Morgan fingerprint density at radius 3 is 2.11 bits per heavy atom.